The molecule has 2 N–H and O–H groups in total. The number of carbonyl (C=O) groups is 1. The minimum absolute atomic E-state index is 0.139. The summed E-state index contributed by atoms with van der Waals surface area (Å²) in [6.45, 7) is 9.97. The Morgan fingerprint density at radius 2 is 1.66 bits per heavy atom. The normalized spacial score (nSPS) is 22.8. The van der Waals surface area contributed by atoms with E-state index in [9.17, 15) is 9.90 Å². The van der Waals surface area contributed by atoms with E-state index in [4.69, 9.17) is 4.98 Å². The van der Waals surface area contributed by atoms with Crippen LogP contribution in [-0.2, 0) is 0 Å². The van der Waals surface area contributed by atoms with Gasteiger partial charge in [-0.15, -0.1) is 0 Å². The first kappa shape index (κ1) is 22.7. The summed E-state index contributed by atoms with van der Waals surface area (Å²) in [6.07, 6.45) is 3.44. The summed E-state index contributed by atoms with van der Waals surface area (Å²) in [4.78, 5) is 29.3. The van der Waals surface area contributed by atoms with Crippen molar-refractivity contribution in [3.8, 4) is 0 Å². The molecule has 4 heterocycles. The third-order valence-electron chi connectivity index (χ3n) is 6.73. The number of dihydropyridines is 1. The number of aromatic nitrogens is 1. The summed E-state index contributed by atoms with van der Waals surface area (Å²) in [5.41, 5.74) is 3.40. The summed E-state index contributed by atoms with van der Waals surface area (Å²) in [5, 5.41) is 13.3. The lowest BCUT2D eigenvalue weighted by atomic mass is 9.99. The molecule has 0 saturated carbocycles. The fourth-order valence-electron chi connectivity index (χ4n) is 4.69. The molecule has 174 valence electrons. The Bertz CT molecular complexity index is 898. The monoisotopic (exact) mass is 440 g/mol. The molecule has 0 radical (unpaired) electrons. The van der Waals surface area contributed by atoms with Gasteiger partial charge < -0.3 is 25.1 Å². The number of hydrogen-bond donors (Lipinski definition) is 2. The van der Waals surface area contributed by atoms with Gasteiger partial charge in [0.2, 0.25) is 0 Å². The highest BCUT2D eigenvalue weighted by Gasteiger charge is 2.23. The van der Waals surface area contributed by atoms with E-state index in [0.717, 1.165) is 87.0 Å². The minimum atomic E-state index is -0.869. The number of rotatable bonds is 5. The maximum Gasteiger partial charge on any atom is 0.251 e. The van der Waals surface area contributed by atoms with E-state index in [1.807, 2.05) is 26.0 Å². The number of piperidine rings is 1. The van der Waals surface area contributed by atoms with E-state index >= 15 is 0 Å². The van der Waals surface area contributed by atoms with Crippen molar-refractivity contribution in [3.05, 3.63) is 28.8 Å². The Hall–Kier alpha value is -2.45. The van der Waals surface area contributed by atoms with Crippen LogP contribution in [0.2, 0.25) is 0 Å². The third kappa shape index (κ3) is 5.30. The summed E-state index contributed by atoms with van der Waals surface area (Å²) in [7, 11) is 2.13. The Morgan fingerprint density at radius 1 is 1.03 bits per heavy atom. The first-order valence-electron chi connectivity index (χ1n) is 11.8. The predicted molar refractivity (Wildman–Crippen MR) is 129 cm³/mol. The number of piperazine rings is 1. The van der Waals surface area contributed by atoms with Crippen molar-refractivity contribution in [2.24, 2.45) is 4.99 Å². The van der Waals surface area contributed by atoms with Crippen LogP contribution < -0.4 is 15.1 Å². The van der Waals surface area contributed by atoms with Crippen molar-refractivity contribution in [1.29, 1.82) is 0 Å². The van der Waals surface area contributed by atoms with Crippen LogP contribution in [0, 0.1) is 0 Å². The van der Waals surface area contributed by atoms with Crippen LogP contribution in [0.1, 0.15) is 49.9 Å². The summed E-state index contributed by atoms with van der Waals surface area (Å²) in [5.74, 6) is 1.62. The fraction of sp³-hybridized carbons (Fsp3) is 0.625. The fourth-order valence-corrected chi connectivity index (χ4v) is 4.69. The van der Waals surface area contributed by atoms with Gasteiger partial charge in [0.25, 0.3) is 5.91 Å². The molecule has 8 nitrogen and oxygen atoms in total. The number of carbonyl (C=O) groups excluding carboxylic acids is 1. The summed E-state index contributed by atoms with van der Waals surface area (Å²) in [6, 6.07) is 3.83. The average Bonchev–Trinajstić information content (AvgIpc) is 2.79. The highest BCUT2D eigenvalue weighted by atomic mass is 16.3. The van der Waals surface area contributed by atoms with E-state index in [1.165, 1.54) is 6.42 Å². The molecule has 1 aromatic heterocycles. The molecule has 2 saturated heterocycles. The number of nitrogens with one attached hydrogen (secondary N) is 1. The second-order valence-corrected chi connectivity index (χ2v) is 9.31. The first-order valence-corrected chi connectivity index (χ1v) is 11.8. The SMILES string of the molecule is CC1=NC(O)C(CNC(=O)c2cc(N3CCCCC3)nc(N3CCN(C)CC3)c2)=C(C)C1. The van der Waals surface area contributed by atoms with Crippen molar-refractivity contribution in [2.75, 3.05) is 62.7 Å². The van der Waals surface area contributed by atoms with Gasteiger partial charge in [0.1, 0.15) is 11.6 Å². The lowest BCUT2D eigenvalue weighted by Crippen LogP contribution is -2.45. The van der Waals surface area contributed by atoms with Crippen LogP contribution in [0.25, 0.3) is 0 Å². The van der Waals surface area contributed by atoms with E-state index < -0.39 is 6.23 Å². The number of allylic oxidation sites excluding steroid dienone is 1. The van der Waals surface area contributed by atoms with Gasteiger partial charge in [0, 0.05) is 63.5 Å². The quantitative estimate of drug-likeness (QED) is 0.682. The maximum absolute atomic E-state index is 13.2. The molecule has 3 aliphatic rings. The number of likely N-dealkylation sites (N-methyl/N-ethyl adjacent to an activating group) is 1. The molecule has 1 atom stereocenters. The maximum atomic E-state index is 13.2. The standard InChI is InChI=1S/C24H36N6O2/c1-17-13-18(2)26-24(32)20(17)16-25-23(31)19-14-21(29-7-5-4-6-8-29)27-22(15-19)30-11-9-28(3)10-12-30/h14-15,24,32H,4-13,16H2,1-3H3,(H,25,31). The number of nitrogens with zero attached hydrogens (tertiary/aromatic N) is 5. The second kappa shape index (κ2) is 10.0. The average molecular weight is 441 g/mol. The van der Waals surface area contributed by atoms with Crippen LogP contribution in [-0.4, -0.2) is 85.7 Å². The molecule has 3 aliphatic heterocycles. The summed E-state index contributed by atoms with van der Waals surface area (Å²) < 4.78 is 0. The smallest absolute Gasteiger partial charge is 0.251 e. The minimum Gasteiger partial charge on any atom is -0.368 e. The predicted octanol–water partition coefficient (Wildman–Crippen LogP) is 2.05. The number of amides is 1. The molecule has 1 amide bonds. The van der Waals surface area contributed by atoms with Crippen LogP contribution >= 0.6 is 0 Å². The van der Waals surface area contributed by atoms with Crippen molar-refractivity contribution in [2.45, 2.75) is 45.8 Å². The molecule has 1 aromatic rings. The van der Waals surface area contributed by atoms with Crippen LogP contribution in [0.5, 0.6) is 0 Å². The highest BCUT2D eigenvalue weighted by molar-refractivity contribution is 5.96. The highest BCUT2D eigenvalue weighted by Crippen LogP contribution is 2.25. The van der Waals surface area contributed by atoms with Crippen LogP contribution in [0.15, 0.2) is 28.3 Å². The Balaban J connectivity index is 1.54. The number of pyridine rings is 1. The lowest BCUT2D eigenvalue weighted by Gasteiger charge is -2.34. The molecule has 0 aromatic carbocycles. The molecule has 0 spiro atoms. The Morgan fingerprint density at radius 3 is 2.28 bits per heavy atom. The molecular weight excluding hydrogens is 404 g/mol. The van der Waals surface area contributed by atoms with Crippen molar-refractivity contribution < 1.29 is 9.90 Å². The van der Waals surface area contributed by atoms with Crippen molar-refractivity contribution in [3.63, 3.8) is 0 Å². The second-order valence-electron chi connectivity index (χ2n) is 9.31. The number of aliphatic hydroxyl groups is 1. The zero-order valence-corrected chi connectivity index (χ0v) is 19.6. The van der Waals surface area contributed by atoms with Crippen LogP contribution in [0.4, 0.5) is 11.6 Å². The number of hydrogen-bond acceptors (Lipinski definition) is 7. The van der Waals surface area contributed by atoms with Gasteiger partial charge in [0.15, 0.2) is 6.23 Å². The van der Waals surface area contributed by atoms with Gasteiger partial charge in [-0.05, 0) is 57.9 Å². The topological polar surface area (TPSA) is 84.3 Å². The molecule has 8 heteroatoms. The molecule has 1 unspecified atom stereocenters. The zero-order valence-electron chi connectivity index (χ0n) is 19.6. The molecule has 4 rings (SSSR count). The van der Waals surface area contributed by atoms with Gasteiger partial charge in [-0.1, -0.05) is 5.57 Å². The van der Waals surface area contributed by atoms with Gasteiger partial charge in [0.05, 0.1) is 0 Å². The molecule has 32 heavy (non-hydrogen) atoms. The Kier molecular flexibility index (Phi) is 7.10. The van der Waals surface area contributed by atoms with Gasteiger partial charge >= 0.3 is 0 Å². The van der Waals surface area contributed by atoms with Gasteiger partial charge in [-0.2, -0.15) is 0 Å². The number of aliphatic imine (C=N–C) groups is 1. The molecular formula is C24H36N6O2. The van der Waals surface area contributed by atoms with E-state index in [-0.39, 0.29) is 5.91 Å². The number of aliphatic hydroxyl groups excluding tert-OH is 1. The number of anilines is 2. The lowest BCUT2D eigenvalue weighted by molar-refractivity contribution is 0.0954. The van der Waals surface area contributed by atoms with E-state index in [2.05, 4.69) is 32.1 Å². The molecule has 2 fully saturated rings. The zero-order chi connectivity index (χ0) is 22.7. The van der Waals surface area contributed by atoms with Gasteiger partial charge in [-0.25, -0.2) is 4.98 Å². The van der Waals surface area contributed by atoms with Crippen molar-refractivity contribution >= 4 is 23.3 Å². The third-order valence-corrected chi connectivity index (χ3v) is 6.73. The summed E-state index contributed by atoms with van der Waals surface area (Å²) >= 11 is 0. The molecule has 0 aliphatic carbocycles. The first-order chi connectivity index (χ1) is 15.4. The van der Waals surface area contributed by atoms with Crippen LogP contribution in [0.3, 0.4) is 0 Å². The van der Waals surface area contributed by atoms with E-state index in [1.54, 1.807) is 0 Å². The van der Waals surface area contributed by atoms with E-state index in [0.29, 0.717) is 12.1 Å². The molecule has 0 bridgehead atoms. The Labute approximate surface area is 191 Å². The largest absolute Gasteiger partial charge is 0.368 e. The van der Waals surface area contributed by atoms with Crippen molar-refractivity contribution in [1.82, 2.24) is 15.2 Å². The van der Waals surface area contributed by atoms with Gasteiger partial charge in [-0.3, -0.25) is 9.79 Å².